The van der Waals surface area contributed by atoms with Gasteiger partial charge in [0.25, 0.3) is 5.91 Å². The predicted octanol–water partition coefficient (Wildman–Crippen LogP) is 0.747. The van der Waals surface area contributed by atoms with E-state index in [9.17, 15) is 18.0 Å². The van der Waals surface area contributed by atoms with Crippen LogP contribution in [0.1, 0.15) is 23.7 Å². The Morgan fingerprint density at radius 3 is 2.54 bits per heavy atom. The van der Waals surface area contributed by atoms with Crippen LogP contribution in [0, 0.1) is 0 Å². The maximum atomic E-state index is 12.5. The number of hydrogen-bond donors (Lipinski definition) is 2. The normalized spacial score (nSPS) is 12.3. The van der Waals surface area contributed by atoms with Crippen molar-refractivity contribution in [3.8, 4) is 0 Å². The van der Waals surface area contributed by atoms with E-state index in [1.807, 2.05) is 0 Å². The molecule has 8 heteroatoms. The van der Waals surface area contributed by atoms with Crippen molar-refractivity contribution in [3.05, 3.63) is 42.5 Å². The lowest BCUT2D eigenvalue weighted by atomic mass is 10.2. The minimum absolute atomic E-state index is 0.0706. The van der Waals surface area contributed by atoms with E-state index in [1.54, 1.807) is 21.0 Å². The lowest BCUT2D eigenvalue weighted by Crippen LogP contribution is -2.45. The standard InChI is InChI=1S/C16H23N3O4S/c1-5-10-17-15(20)12-8-7-9-13(11-12)24(22,23)18-14(6-2)16(21)19(3)4/h5,7-9,11,14,18H,1,6,10H2,2-4H3,(H,17,20)/t14-/m1/s1. The molecule has 0 bridgehead atoms. The highest BCUT2D eigenvalue weighted by Crippen LogP contribution is 2.13. The highest BCUT2D eigenvalue weighted by molar-refractivity contribution is 7.89. The van der Waals surface area contributed by atoms with Crippen LogP contribution in [-0.4, -0.2) is 51.8 Å². The average Bonchev–Trinajstić information content (AvgIpc) is 2.56. The highest BCUT2D eigenvalue weighted by Gasteiger charge is 2.25. The number of hydrogen-bond acceptors (Lipinski definition) is 4. The van der Waals surface area contributed by atoms with Crippen molar-refractivity contribution in [2.75, 3.05) is 20.6 Å². The monoisotopic (exact) mass is 353 g/mol. The van der Waals surface area contributed by atoms with Gasteiger partial charge in [0.2, 0.25) is 15.9 Å². The topological polar surface area (TPSA) is 95.6 Å². The van der Waals surface area contributed by atoms with Crippen LogP contribution in [0.4, 0.5) is 0 Å². The van der Waals surface area contributed by atoms with Gasteiger partial charge in [-0.2, -0.15) is 4.72 Å². The van der Waals surface area contributed by atoms with Gasteiger partial charge in [-0.1, -0.05) is 19.1 Å². The van der Waals surface area contributed by atoms with Crippen molar-refractivity contribution < 1.29 is 18.0 Å². The first-order valence-corrected chi connectivity index (χ1v) is 8.94. The number of nitrogens with zero attached hydrogens (tertiary/aromatic N) is 1. The summed E-state index contributed by atoms with van der Waals surface area (Å²) in [5.74, 6) is -0.732. The van der Waals surface area contributed by atoms with Crippen molar-refractivity contribution in [1.29, 1.82) is 0 Å². The minimum atomic E-state index is -3.92. The first-order chi connectivity index (χ1) is 11.2. The molecule has 0 aliphatic heterocycles. The van der Waals surface area contributed by atoms with Gasteiger partial charge in [-0.05, 0) is 24.6 Å². The first kappa shape index (κ1) is 19.9. The average molecular weight is 353 g/mol. The van der Waals surface area contributed by atoms with Crippen LogP contribution in [0.25, 0.3) is 0 Å². The molecular weight excluding hydrogens is 330 g/mol. The zero-order chi connectivity index (χ0) is 18.3. The van der Waals surface area contributed by atoms with Crippen LogP contribution < -0.4 is 10.0 Å². The molecule has 0 aromatic heterocycles. The Balaban J connectivity index is 3.04. The summed E-state index contributed by atoms with van der Waals surface area (Å²) >= 11 is 0. The fourth-order valence-corrected chi connectivity index (χ4v) is 3.26. The molecule has 1 rings (SSSR count). The number of carbonyl (C=O) groups excluding carboxylic acids is 2. The molecule has 0 aliphatic rings. The van der Waals surface area contributed by atoms with E-state index in [0.29, 0.717) is 6.42 Å². The van der Waals surface area contributed by atoms with E-state index in [0.717, 1.165) is 0 Å². The number of benzene rings is 1. The van der Waals surface area contributed by atoms with Gasteiger partial charge < -0.3 is 10.2 Å². The van der Waals surface area contributed by atoms with E-state index in [4.69, 9.17) is 0 Å². The molecule has 0 heterocycles. The summed E-state index contributed by atoms with van der Waals surface area (Å²) in [4.78, 5) is 25.2. The van der Waals surface area contributed by atoms with E-state index < -0.39 is 22.0 Å². The van der Waals surface area contributed by atoms with E-state index in [-0.39, 0.29) is 22.9 Å². The third-order valence-electron chi connectivity index (χ3n) is 3.26. The summed E-state index contributed by atoms with van der Waals surface area (Å²) in [6.45, 7) is 5.50. The molecule has 0 saturated carbocycles. The van der Waals surface area contributed by atoms with Gasteiger partial charge in [0, 0.05) is 26.2 Å². The van der Waals surface area contributed by atoms with E-state index >= 15 is 0 Å². The number of sulfonamides is 1. The molecule has 1 aromatic carbocycles. The molecule has 0 fully saturated rings. The van der Waals surface area contributed by atoms with Crippen LogP contribution in [0.5, 0.6) is 0 Å². The molecule has 2 N–H and O–H groups in total. The molecule has 24 heavy (non-hydrogen) atoms. The fraction of sp³-hybridized carbons (Fsp3) is 0.375. The molecule has 0 radical (unpaired) electrons. The maximum absolute atomic E-state index is 12.5. The van der Waals surface area contributed by atoms with Gasteiger partial charge in [-0.3, -0.25) is 9.59 Å². The van der Waals surface area contributed by atoms with Crippen LogP contribution in [-0.2, 0) is 14.8 Å². The van der Waals surface area contributed by atoms with Gasteiger partial charge in [-0.15, -0.1) is 6.58 Å². The van der Waals surface area contributed by atoms with Crippen molar-refractivity contribution in [2.45, 2.75) is 24.3 Å². The Labute approximate surface area is 142 Å². The van der Waals surface area contributed by atoms with Crippen LogP contribution in [0.15, 0.2) is 41.8 Å². The Hall–Kier alpha value is -2.19. The van der Waals surface area contributed by atoms with Crippen LogP contribution in [0.3, 0.4) is 0 Å². The largest absolute Gasteiger partial charge is 0.349 e. The Morgan fingerprint density at radius 1 is 1.33 bits per heavy atom. The molecule has 1 atom stereocenters. The van der Waals surface area contributed by atoms with E-state index in [1.165, 1.54) is 35.2 Å². The maximum Gasteiger partial charge on any atom is 0.251 e. The number of amides is 2. The highest BCUT2D eigenvalue weighted by atomic mass is 32.2. The number of carbonyl (C=O) groups is 2. The molecule has 7 nitrogen and oxygen atoms in total. The summed E-state index contributed by atoms with van der Waals surface area (Å²) in [6.07, 6.45) is 1.84. The SMILES string of the molecule is C=CCNC(=O)c1cccc(S(=O)(=O)N[C@H](CC)C(=O)N(C)C)c1. The zero-order valence-electron chi connectivity index (χ0n) is 14.1. The lowest BCUT2D eigenvalue weighted by Gasteiger charge is -2.20. The molecule has 0 aliphatic carbocycles. The first-order valence-electron chi connectivity index (χ1n) is 7.45. The molecule has 0 unspecified atom stereocenters. The second-order valence-electron chi connectivity index (χ2n) is 5.34. The predicted molar refractivity (Wildman–Crippen MR) is 92.1 cm³/mol. The quantitative estimate of drug-likeness (QED) is 0.674. The Bertz CT molecular complexity index is 714. The van der Waals surface area contributed by atoms with Gasteiger partial charge in [0.1, 0.15) is 6.04 Å². The summed E-state index contributed by atoms with van der Waals surface area (Å²) in [6, 6.07) is 4.78. The Morgan fingerprint density at radius 2 is 2.00 bits per heavy atom. The second kappa shape index (κ2) is 8.60. The van der Waals surface area contributed by atoms with Gasteiger partial charge in [0.05, 0.1) is 4.90 Å². The molecule has 0 saturated heterocycles. The number of rotatable bonds is 8. The van der Waals surface area contributed by atoms with Crippen molar-refractivity contribution in [3.63, 3.8) is 0 Å². The van der Waals surface area contributed by atoms with Gasteiger partial charge in [-0.25, -0.2) is 8.42 Å². The molecule has 2 amide bonds. The van der Waals surface area contributed by atoms with Crippen molar-refractivity contribution in [2.24, 2.45) is 0 Å². The van der Waals surface area contributed by atoms with E-state index in [2.05, 4.69) is 16.6 Å². The summed E-state index contributed by atoms with van der Waals surface area (Å²) in [5.41, 5.74) is 0.215. The van der Waals surface area contributed by atoms with Crippen molar-refractivity contribution >= 4 is 21.8 Å². The van der Waals surface area contributed by atoms with Gasteiger partial charge >= 0.3 is 0 Å². The third-order valence-corrected chi connectivity index (χ3v) is 4.73. The molecule has 132 valence electrons. The molecule has 1 aromatic rings. The van der Waals surface area contributed by atoms with Gasteiger partial charge in [0.15, 0.2) is 0 Å². The van der Waals surface area contributed by atoms with Crippen LogP contribution >= 0.6 is 0 Å². The number of nitrogens with one attached hydrogen (secondary N) is 2. The zero-order valence-corrected chi connectivity index (χ0v) is 14.9. The molecule has 0 spiro atoms. The summed E-state index contributed by atoms with van der Waals surface area (Å²) < 4.78 is 27.4. The summed E-state index contributed by atoms with van der Waals surface area (Å²) in [7, 11) is -0.806. The van der Waals surface area contributed by atoms with Crippen LogP contribution in [0.2, 0.25) is 0 Å². The van der Waals surface area contributed by atoms with Crippen molar-refractivity contribution in [1.82, 2.24) is 14.9 Å². The second-order valence-corrected chi connectivity index (χ2v) is 7.06. The third kappa shape index (κ3) is 5.17. The Kier molecular flexibility index (Phi) is 7.12. The fourth-order valence-electron chi connectivity index (χ4n) is 1.95. The smallest absolute Gasteiger partial charge is 0.251 e. The molecular formula is C16H23N3O4S. The minimum Gasteiger partial charge on any atom is -0.349 e. The lowest BCUT2D eigenvalue weighted by molar-refractivity contribution is -0.130. The summed E-state index contributed by atoms with van der Waals surface area (Å²) in [5, 5.41) is 2.58. The number of likely N-dealkylation sites (N-methyl/N-ethyl adjacent to an activating group) is 1.